The van der Waals surface area contributed by atoms with Crippen LogP contribution in [-0.4, -0.2) is 29.9 Å². The summed E-state index contributed by atoms with van der Waals surface area (Å²) in [6.45, 7) is 0. The topological polar surface area (TPSA) is 82.0 Å². The van der Waals surface area contributed by atoms with Gasteiger partial charge in [0.25, 0.3) is 0 Å². The Morgan fingerprint density at radius 3 is 2.59 bits per heavy atom. The molecule has 0 spiro atoms. The minimum Gasteiger partial charge on any atom is -0.496 e. The zero-order valence-electron chi connectivity index (χ0n) is 18.0. The zero-order chi connectivity index (χ0) is 23.7. The van der Waals surface area contributed by atoms with Gasteiger partial charge in [-0.1, -0.05) is 24.3 Å². The fourth-order valence-electron chi connectivity index (χ4n) is 3.80. The Balaban J connectivity index is 1.56. The summed E-state index contributed by atoms with van der Waals surface area (Å²) in [5.41, 5.74) is 2.96. The van der Waals surface area contributed by atoms with Gasteiger partial charge in [0.05, 0.1) is 17.7 Å². The van der Waals surface area contributed by atoms with E-state index in [4.69, 9.17) is 4.74 Å². The Bertz CT molecular complexity index is 1600. The summed E-state index contributed by atoms with van der Waals surface area (Å²) in [7, 11) is -2.01. The Kier molecular flexibility index (Phi) is 5.80. The minimum atomic E-state index is -3.57. The molecule has 0 bridgehead atoms. The number of rotatable bonds is 6. The molecule has 2 heterocycles. The maximum Gasteiger partial charge on any atom is 0.184 e. The van der Waals surface area contributed by atoms with Gasteiger partial charge in [0, 0.05) is 17.1 Å². The van der Waals surface area contributed by atoms with Crippen LogP contribution in [-0.2, 0) is 15.6 Å². The van der Waals surface area contributed by atoms with Crippen molar-refractivity contribution in [3.63, 3.8) is 0 Å². The first kappa shape index (κ1) is 22.1. The monoisotopic (exact) mass is 491 g/mol. The molecule has 0 aliphatic rings. The lowest BCUT2D eigenvalue weighted by Crippen LogP contribution is -2.04. The van der Waals surface area contributed by atoms with Crippen molar-refractivity contribution in [2.24, 2.45) is 0 Å². The minimum absolute atomic E-state index is 0.198. The molecule has 0 N–H and O–H groups in total. The van der Waals surface area contributed by atoms with E-state index in [0.29, 0.717) is 16.5 Å². The normalized spacial score (nSPS) is 11.6. The third-order valence-corrected chi connectivity index (χ3v) is 7.90. The summed E-state index contributed by atoms with van der Waals surface area (Å²) in [4.78, 5) is 8.74. The summed E-state index contributed by atoms with van der Waals surface area (Å²) < 4.78 is 48.9. The first-order valence-corrected chi connectivity index (χ1v) is 12.7. The molecule has 0 aliphatic carbocycles. The Morgan fingerprint density at radius 2 is 1.82 bits per heavy atom. The van der Waals surface area contributed by atoms with E-state index in [1.54, 1.807) is 43.6 Å². The number of benzene rings is 3. The van der Waals surface area contributed by atoms with Gasteiger partial charge in [-0.2, -0.15) is 4.37 Å². The van der Waals surface area contributed by atoms with Crippen molar-refractivity contribution in [2.75, 3.05) is 7.11 Å². The number of methoxy groups -OCH3 is 1. The van der Waals surface area contributed by atoms with E-state index < -0.39 is 9.84 Å². The number of hydrogen-bond acceptors (Lipinski definition) is 7. The quantitative estimate of drug-likeness (QED) is 0.310. The maximum atomic E-state index is 13.7. The first-order valence-electron chi connectivity index (χ1n) is 10.3. The third kappa shape index (κ3) is 4.27. The summed E-state index contributed by atoms with van der Waals surface area (Å²) in [6.07, 6.45) is 2.99. The van der Waals surface area contributed by atoms with E-state index in [1.165, 1.54) is 18.5 Å². The highest BCUT2D eigenvalue weighted by Crippen LogP contribution is 2.37. The molecule has 3 aromatic carbocycles. The molecule has 0 aliphatic heterocycles. The average Bonchev–Trinajstić information content (AvgIpc) is 3.35. The molecule has 0 saturated carbocycles. The molecule has 5 rings (SSSR count). The number of aromatic nitrogens is 3. The SMILES string of the molecule is COc1cc(-c2cccc(F)c2)ccc1-c1nccc2cc(S(=O)(=O)Cc3ncns3)ccc12. The highest BCUT2D eigenvalue weighted by molar-refractivity contribution is 7.90. The highest BCUT2D eigenvalue weighted by atomic mass is 32.2. The second kappa shape index (κ2) is 8.92. The highest BCUT2D eigenvalue weighted by Gasteiger charge is 2.19. The van der Waals surface area contributed by atoms with Gasteiger partial charge in [-0.15, -0.1) is 0 Å². The molecular weight excluding hydrogens is 473 g/mol. The number of halogens is 1. The molecule has 0 radical (unpaired) electrons. The van der Waals surface area contributed by atoms with Crippen molar-refractivity contribution in [1.29, 1.82) is 0 Å². The van der Waals surface area contributed by atoms with E-state index in [-0.39, 0.29) is 16.5 Å². The van der Waals surface area contributed by atoms with Gasteiger partial charge in [0.15, 0.2) is 9.84 Å². The molecule has 5 aromatic rings. The molecule has 0 unspecified atom stereocenters. The van der Waals surface area contributed by atoms with Crippen LogP contribution >= 0.6 is 11.5 Å². The maximum absolute atomic E-state index is 13.7. The van der Waals surface area contributed by atoms with Crippen molar-refractivity contribution in [3.05, 3.63) is 90.1 Å². The van der Waals surface area contributed by atoms with Crippen LogP contribution < -0.4 is 4.74 Å². The fraction of sp³-hybridized carbons (Fsp3) is 0.0800. The van der Waals surface area contributed by atoms with Gasteiger partial charge in [-0.25, -0.2) is 17.8 Å². The van der Waals surface area contributed by atoms with Crippen molar-refractivity contribution in [3.8, 4) is 28.1 Å². The Morgan fingerprint density at radius 1 is 0.971 bits per heavy atom. The van der Waals surface area contributed by atoms with Gasteiger partial charge in [-0.05, 0) is 70.5 Å². The lowest BCUT2D eigenvalue weighted by molar-refractivity contribution is 0.416. The van der Waals surface area contributed by atoms with E-state index in [0.717, 1.165) is 39.0 Å². The van der Waals surface area contributed by atoms with Crippen molar-refractivity contribution in [2.45, 2.75) is 10.6 Å². The number of sulfone groups is 1. The molecule has 9 heteroatoms. The molecule has 6 nitrogen and oxygen atoms in total. The number of fused-ring (bicyclic) bond motifs is 1. The summed E-state index contributed by atoms with van der Waals surface area (Å²) in [6, 6.07) is 18.7. The third-order valence-electron chi connectivity index (χ3n) is 5.43. The predicted molar refractivity (Wildman–Crippen MR) is 130 cm³/mol. The number of pyridine rings is 1. The summed E-state index contributed by atoms with van der Waals surface area (Å²) in [5, 5.41) is 1.97. The van der Waals surface area contributed by atoms with Crippen LogP contribution in [0.2, 0.25) is 0 Å². The van der Waals surface area contributed by atoms with Gasteiger partial charge in [0.2, 0.25) is 0 Å². The second-order valence-corrected chi connectivity index (χ2v) is 10.4. The summed E-state index contributed by atoms with van der Waals surface area (Å²) >= 11 is 1.07. The van der Waals surface area contributed by atoms with Crippen LogP contribution in [0.1, 0.15) is 5.01 Å². The Labute approximate surface area is 199 Å². The number of nitrogens with zero attached hydrogens (tertiary/aromatic N) is 3. The van der Waals surface area contributed by atoms with E-state index in [1.807, 2.05) is 24.3 Å². The zero-order valence-corrected chi connectivity index (χ0v) is 19.6. The second-order valence-electron chi connectivity index (χ2n) is 7.56. The van der Waals surface area contributed by atoms with E-state index in [2.05, 4.69) is 14.3 Å². The number of ether oxygens (including phenoxy) is 1. The number of hydrogen-bond donors (Lipinski definition) is 0. The molecule has 0 atom stereocenters. The molecule has 0 amide bonds. The van der Waals surface area contributed by atoms with Crippen LogP contribution in [0.15, 0.2) is 84.1 Å². The largest absolute Gasteiger partial charge is 0.496 e. The molecule has 2 aromatic heterocycles. The van der Waals surface area contributed by atoms with E-state index >= 15 is 0 Å². The van der Waals surface area contributed by atoms with Crippen LogP contribution in [0.4, 0.5) is 4.39 Å². The van der Waals surface area contributed by atoms with E-state index in [9.17, 15) is 12.8 Å². The van der Waals surface area contributed by atoms with Crippen LogP contribution in [0.3, 0.4) is 0 Å². The molecular formula is C25H18FN3O3S2. The van der Waals surface area contributed by atoms with Crippen LogP contribution in [0.5, 0.6) is 5.75 Å². The van der Waals surface area contributed by atoms with Crippen LogP contribution in [0.25, 0.3) is 33.2 Å². The molecule has 0 fully saturated rings. The van der Waals surface area contributed by atoms with Crippen molar-refractivity contribution >= 4 is 32.1 Å². The van der Waals surface area contributed by atoms with Crippen molar-refractivity contribution < 1.29 is 17.5 Å². The lowest BCUT2D eigenvalue weighted by atomic mass is 9.99. The first-order chi connectivity index (χ1) is 16.4. The Hall–Kier alpha value is -3.69. The predicted octanol–water partition coefficient (Wildman–Crippen LogP) is 5.54. The van der Waals surface area contributed by atoms with Crippen molar-refractivity contribution in [1.82, 2.24) is 14.3 Å². The van der Waals surface area contributed by atoms with Gasteiger partial charge >= 0.3 is 0 Å². The fourth-order valence-corrected chi connectivity index (χ4v) is 5.94. The van der Waals surface area contributed by atoms with Crippen LogP contribution in [0, 0.1) is 5.82 Å². The average molecular weight is 492 g/mol. The van der Waals surface area contributed by atoms with Gasteiger partial charge in [0.1, 0.15) is 28.7 Å². The summed E-state index contributed by atoms with van der Waals surface area (Å²) in [5.74, 6) is 0.0686. The smallest absolute Gasteiger partial charge is 0.184 e. The molecule has 0 saturated heterocycles. The standard InChI is InChI=1S/C25H18FN3O3S2/c1-32-23-13-17(16-3-2-4-19(26)11-16)5-7-22(23)25-21-8-6-20(12-18(21)9-10-27-25)34(30,31)14-24-28-15-29-33-24/h2-13,15H,14H2,1H3. The van der Waals surface area contributed by atoms with Gasteiger partial charge < -0.3 is 4.74 Å². The van der Waals surface area contributed by atoms with Gasteiger partial charge in [-0.3, -0.25) is 4.98 Å². The molecule has 170 valence electrons. The molecule has 34 heavy (non-hydrogen) atoms. The lowest BCUT2D eigenvalue weighted by Gasteiger charge is -2.13.